The van der Waals surface area contributed by atoms with E-state index in [-0.39, 0.29) is 5.78 Å². The lowest BCUT2D eigenvalue weighted by atomic mass is 10.0. The zero-order valence-electron chi connectivity index (χ0n) is 10.5. The number of aromatic nitrogens is 1. The highest BCUT2D eigenvalue weighted by molar-refractivity contribution is 5.97. The zero-order valence-corrected chi connectivity index (χ0v) is 10.5. The van der Waals surface area contributed by atoms with Crippen molar-refractivity contribution in [2.45, 2.75) is 13.3 Å². The van der Waals surface area contributed by atoms with E-state index in [2.05, 4.69) is 4.98 Å². The van der Waals surface area contributed by atoms with Crippen molar-refractivity contribution in [3.63, 3.8) is 0 Å². The molecule has 0 atom stereocenters. The van der Waals surface area contributed by atoms with E-state index in [0.717, 1.165) is 16.7 Å². The van der Waals surface area contributed by atoms with E-state index in [1.165, 1.54) is 0 Å². The predicted octanol–water partition coefficient (Wildman–Crippen LogP) is 2.82. The number of carbonyl (C=O) groups is 1. The van der Waals surface area contributed by atoms with Gasteiger partial charge in [0.1, 0.15) is 0 Å². The molecular weight excluding hydrogens is 226 g/mol. The molecule has 2 rings (SSSR count). The van der Waals surface area contributed by atoms with Crippen LogP contribution >= 0.6 is 0 Å². The number of benzene rings is 1. The molecule has 3 heteroatoms. The fourth-order valence-corrected chi connectivity index (χ4v) is 1.74. The first-order valence-electron chi connectivity index (χ1n) is 5.78. The quantitative estimate of drug-likeness (QED) is 0.773. The SMILES string of the molecule is COc1ccc(CC(=O)c2cccc(C)c2)cn1. The lowest BCUT2D eigenvalue weighted by Gasteiger charge is -2.03. The number of pyridine rings is 1. The molecule has 0 aliphatic heterocycles. The first-order chi connectivity index (χ1) is 8.69. The number of methoxy groups -OCH3 is 1. The molecule has 0 aliphatic rings. The number of nitrogens with zero attached hydrogens (tertiary/aromatic N) is 1. The molecule has 0 saturated carbocycles. The van der Waals surface area contributed by atoms with E-state index < -0.39 is 0 Å². The standard InChI is InChI=1S/C15H15NO2/c1-11-4-3-5-13(8-11)14(17)9-12-6-7-15(18-2)16-10-12/h3-8,10H,9H2,1-2H3. The number of hydrogen-bond donors (Lipinski definition) is 0. The first kappa shape index (κ1) is 12.3. The summed E-state index contributed by atoms with van der Waals surface area (Å²) in [7, 11) is 1.57. The van der Waals surface area contributed by atoms with Gasteiger partial charge in [0.2, 0.25) is 5.88 Å². The molecule has 1 aromatic carbocycles. The fourth-order valence-electron chi connectivity index (χ4n) is 1.74. The van der Waals surface area contributed by atoms with Crippen LogP contribution in [0.5, 0.6) is 5.88 Å². The molecule has 0 radical (unpaired) electrons. The van der Waals surface area contributed by atoms with Crippen LogP contribution in [0.4, 0.5) is 0 Å². The zero-order chi connectivity index (χ0) is 13.0. The summed E-state index contributed by atoms with van der Waals surface area (Å²) in [6.45, 7) is 1.98. The van der Waals surface area contributed by atoms with Gasteiger partial charge in [-0.1, -0.05) is 29.8 Å². The Labute approximate surface area is 106 Å². The van der Waals surface area contributed by atoms with Crippen molar-refractivity contribution in [3.8, 4) is 5.88 Å². The Bertz CT molecular complexity index is 547. The van der Waals surface area contributed by atoms with Crippen molar-refractivity contribution in [1.82, 2.24) is 4.98 Å². The third-order valence-corrected chi connectivity index (χ3v) is 2.71. The summed E-state index contributed by atoms with van der Waals surface area (Å²) >= 11 is 0. The first-order valence-corrected chi connectivity index (χ1v) is 5.78. The lowest BCUT2D eigenvalue weighted by Crippen LogP contribution is -2.04. The molecule has 0 spiro atoms. The van der Waals surface area contributed by atoms with Gasteiger partial charge >= 0.3 is 0 Å². The normalized spacial score (nSPS) is 10.1. The predicted molar refractivity (Wildman–Crippen MR) is 70.0 cm³/mol. The second-order valence-electron chi connectivity index (χ2n) is 4.18. The van der Waals surface area contributed by atoms with Crippen LogP contribution in [0.1, 0.15) is 21.5 Å². The smallest absolute Gasteiger partial charge is 0.212 e. The van der Waals surface area contributed by atoms with Crippen LogP contribution in [0.15, 0.2) is 42.6 Å². The van der Waals surface area contributed by atoms with Gasteiger partial charge in [0.25, 0.3) is 0 Å². The topological polar surface area (TPSA) is 39.2 Å². The molecule has 1 heterocycles. The Balaban J connectivity index is 2.11. The van der Waals surface area contributed by atoms with Gasteiger partial charge in [-0.3, -0.25) is 4.79 Å². The summed E-state index contributed by atoms with van der Waals surface area (Å²) in [6.07, 6.45) is 2.03. The molecule has 0 bridgehead atoms. The van der Waals surface area contributed by atoms with Crippen molar-refractivity contribution < 1.29 is 9.53 Å². The Morgan fingerprint density at radius 3 is 2.72 bits per heavy atom. The minimum absolute atomic E-state index is 0.102. The Kier molecular flexibility index (Phi) is 3.72. The van der Waals surface area contributed by atoms with Crippen LogP contribution in [-0.2, 0) is 6.42 Å². The van der Waals surface area contributed by atoms with Gasteiger partial charge in [-0.25, -0.2) is 4.98 Å². The van der Waals surface area contributed by atoms with Crippen LogP contribution in [0.25, 0.3) is 0 Å². The molecule has 0 fully saturated rings. The molecule has 0 saturated heterocycles. The van der Waals surface area contributed by atoms with E-state index in [0.29, 0.717) is 12.3 Å². The van der Waals surface area contributed by atoms with Crippen molar-refractivity contribution in [2.75, 3.05) is 7.11 Å². The molecule has 0 amide bonds. The highest BCUT2D eigenvalue weighted by Gasteiger charge is 2.07. The van der Waals surface area contributed by atoms with E-state index in [1.807, 2.05) is 37.3 Å². The van der Waals surface area contributed by atoms with Crippen molar-refractivity contribution >= 4 is 5.78 Å². The van der Waals surface area contributed by atoms with E-state index >= 15 is 0 Å². The summed E-state index contributed by atoms with van der Waals surface area (Å²) in [5.74, 6) is 0.660. The monoisotopic (exact) mass is 241 g/mol. The van der Waals surface area contributed by atoms with Crippen LogP contribution < -0.4 is 4.74 Å². The number of aryl methyl sites for hydroxylation is 1. The van der Waals surface area contributed by atoms with Gasteiger partial charge in [0.15, 0.2) is 5.78 Å². The van der Waals surface area contributed by atoms with Crippen molar-refractivity contribution in [3.05, 3.63) is 59.3 Å². The number of rotatable bonds is 4. The second kappa shape index (κ2) is 5.45. The second-order valence-corrected chi connectivity index (χ2v) is 4.18. The third kappa shape index (κ3) is 2.94. The van der Waals surface area contributed by atoms with Crippen LogP contribution in [0, 0.1) is 6.92 Å². The van der Waals surface area contributed by atoms with Crippen molar-refractivity contribution in [1.29, 1.82) is 0 Å². The maximum absolute atomic E-state index is 12.1. The highest BCUT2D eigenvalue weighted by Crippen LogP contribution is 2.11. The van der Waals surface area contributed by atoms with Crippen molar-refractivity contribution in [2.24, 2.45) is 0 Å². The molecule has 0 unspecified atom stereocenters. The summed E-state index contributed by atoms with van der Waals surface area (Å²) < 4.78 is 4.98. The number of ketones is 1. The average Bonchev–Trinajstić information content (AvgIpc) is 2.39. The molecular formula is C15H15NO2. The van der Waals surface area contributed by atoms with Crippen LogP contribution in [0.2, 0.25) is 0 Å². The number of carbonyl (C=O) groups excluding carboxylic acids is 1. The van der Waals surface area contributed by atoms with E-state index in [9.17, 15) is 4.79 Å². The molecule has 3 nitrogen and oxygen atoms in total. The number of ether oxygens (including phenoxy) is 1. The molecule has 92 valence electrons. The Morgan fingerprint density at radius 1 is 1.28 bits per heavy atom. The lowest BCUT2D eigenvalue weighted by molar-refractivity contribution is 0.0992. The molecule has 0 N–H and O–H groups in total. The molecule has 2 aromatic rings. The summed E-state index contributed by atoms with van der Waals surface area (Å²) in [4.78, 5) is 16.1. The van der Waals surface area contributed by atoms with E-state index in [4.69, 9.17) is 4.74 Å². The largest absolute Gasteiger partial charge is 0.481 e. The van der Waals surface area contributed by atoms with E-state index in [1.54, 1.807) is 19.4 Å². The minimum Gasteiger partial charge on any atom is -0.481 e. The van der Waals surface area contributed by atoms with Gasteiger partial charge in [0.05, 0.1) is 7.11 Å². The number of Topliss-reactive ketones (excluding diaryl/α,β-unsaturated/α-hetero) is 1. The number of hydrogen-bond acceptors (Lipinski definition) is 3. The summed E-state index contributed by atoms with van der Waals surface area (Å²) in [5.41, 5.74) is 2.72. The Morgan fingerprint density at radius 2 is 2.11 bits per heavy atom. The fraction of sp³-hybridized carbons (Fsp3) is 0.200. The van der Waals surface area contributed by atoms with Gasteiger partial charge in [0, 0.05) is 24.2 Å². The molecule has 18 heavy (non-hydrogen) atoms. The maximum atomic E-state index is 12.1. The average molecular weight is 241 g/mol. The summed E-state index contributed by atoms with van der Waals surface area (Å²) in [6, 6.07) is 11.2. The molecule has 0 aliphatic carbocycles. The third-order valence-electron chi connectivity index (χ3n) is 2.71. The highest BCUT2D eigenvalue weighted by atomic mass is 16.5. The maximum Gasteiger partial charge on any atom is 0.212 e. The van der Waals surface area contributed by atoms with Crippen LogP contribution in [0.3, 0.4) is 0 Å². The minimum atomic E-state index is 0.102. The van der Waals surface area contributed by atoms with Gasteiger partial charge < -0.3 is 4.74 Å². The molecule has 1 aromatic heterocycles. The van der Waals surface area contributed by atoms with Gasteiger partial charge in [-0.2, -0.15) is 0 Å². The Hall–Kier alpha value is -2.16. The van der Waals surface area contributed by atoms with Crippen LogP contribution in [-0.4, -0.2) is 17.9 Å². The van der Waals surface area contributed by atoms with Gasteiger partial charge in [-0.05, 0) is 18.6 Å². The van der Waals surface area contributed by atoms with Gasteiger partial charge in [-0.15, -0.1) is 0 Å². The summed E-state index contributed by atoms with van der Waals surface area (Å²) in [5, 5.41) is 0.